The molecular formula is C19H22FN3O4S. The van der Waals surface area contributed by atoms with E-state index in [1.54, 1.807) is 18.3 Å². The summed E-state index contributed by atoms with van der Waals surface area (Å²) in [4.78, 5) is 16.0. The molecule has 28 heavy (non-hydrogen) atoms. The Kier molecular flexibility index (Phi) is 6.25. The monoisotopic (exact) mass is 407 g/mol. The zero-order valence-corrected chi connectivity index (χ0v) is 16.3. The van der Waals surface area contributed by atoms with E-state index in [2.05, 4.69) is 10.3 Å². The molecule has 1 fully saturated rings. The number of ether oxygens (including phenoxy) is 1. The molecule has 1 aromatic carbocycles. The number of carbonyl (C=O) groups is 1. The number of pyridine rings is 1. The maximum Gasteiger partial charge on any atom is 0.251 e. The van der Waals surface area contributed by atoms with Crippen LogP contribution >= 0.6 is 0 Å². The van der Waals surface area contributed by atoms with E-state index >= 15 is 0 Å². The lowest BCUT2D eigenvalue weighted by Gasteiger charge is -2.26. The smallest absolute Gasteiger partial charge is 0.251 e. The number of sulfonamides is 1. The first-order valence-electron chi connectivity index (χ1n) is 8.98. The first-order chi connectivity index (χ1) is 13.4. The lowest BCUT2D eigenvalue weighted by molar-refractivity contribution is 0.0950. The summed E-state index contributed by atoms with van der Waals surface area (Å²) >= 11 is 0. The number of halogens is 1. The number of nitrogens with one attached hydrogen (secondary N) is 1. The van der Waals surface area contributed by atoms with Crippen molar-refractivity contribution in [3.8, 4) is 5.88 Å². The van der Waals surface area contributed by atoms with Gasteiger partial charge in [-0.2, -0.15) is 4.31 Å². The summed E-state index contributed by atoms with van der Waals surface area (Å²) < 4.78 is 46.0. The van der Waals surface area contributed by atoms with Gasteiger partial charge in [-0.25, -0.2) is 17.8 Å². The van der Waals surface area contributed by atoms with Crippen LogP contribution in [-0.4, -0.2) is 43.8 Å². The van der Waals surface area contributed by atoms with E-state index in [1.165, 1.54) is 17.5 Å². The van der Waals surface area contributed by atoms with E-state index in [4.69, 9.17) is 4.74 Å². The predicted octanol–water partition coefficient (Wildman–Crippen LogP) is 2.33. The Balaban J connectivity index is 1.75. The first-order valence-corrected chi connectivity index (χ1v) is 10.4. The summed E-state index contributed by atoms with van der Waals surface area (Å²) in [6, 6.07) is 6.80. The average molecular weight is 407 g/mol. The molecule has 0 unspecified atom stereocenters. The number of amides is 1. The van der Waals surface area contributed by atoms with Crippen molar-refractivity contribution in [1.82, 2.24) is 14.6 Å². The van der Waals surface area contributed by atoms with Crippen LogP contribution in [0.2, 0.25) is 0 Å². The van der Waals surface area contributed by atoms with Gasteiger partial charge in [0, 0.05) is 37.5 Å². The lowest BCUT2D eigenvalue weighted by Crippen LogP contribution is -2.36. The molecule has 3 rings (SSSR count). The summed E-state index contributed by atoms with van der Waals surface area (Å²) in [5.74, 6) is -0.895. The second-order valence-electron chi connectivity index (χ2n) is 6.50. The largest absolute Gasteiger partial charge is 0.481 e. The number of carbonyl (C=O) groups excluding carboxylic acids is 1. The van der Waals surface area contributed by atoms with Gasteiger partial charge in [0.05, 0.1) is 7.11 Å². The number of benzene rings is 1. The molecule has 150 valence electrons. The Hall–Kier alpha value is -2.52. The van der Waals surface area contributed by atoms with Gasteiger partial charge in [0.25, 0.3) is 5.91 Å². The molecule has 2 heterocycles. The van der Waals surface area contributed by atoms with Crippen LogP contribution in [-0.2, 0) is 16.6 Å². The van der Waals surface area contributed by atoms with Crippen molar-refractivity contribution in [3.63, 3.8) is 0 Å². The van der Waals surface area contributed by atoms with Gasteiger partial charge in [-0.15, -0.1) is 0 Å². The van der Waals surface area contributed by atoms with Crippen molar-refractivity contribution in [2.24, 2.45) is 0 Å². The standard InChI is InChI=1S/C19H22FN3O4S/c1-27-18-8-5-14(12-21-18)13-22-19(24)15-6-7-16(20)17(11-15)28(25,26)23-9-3-2-4-10-23/h5-8,11-12H,2-4,9-10,13H2,1H3,(H,22,24). The molecule has 0 atom stereocenters. The van der Waals surface area contributed by atoms with E-state index < -0.39 is 26.6 Å². The minimum absolute atomic E-state index is 0.0819. The molecule has 9 heteroatoms. The van der Waals surface area contributed by atoms with Gasteiger partial charge in [-0.1, -0.05) is 12.5 Å². The third-order valence-corrected chi connectivity index (χ3v) is 6.50. The Morgan fingerprint density at radius 1 is 1.21 bits per heavy atom. The van der Waals surface area contributed by atoms with E-state index in [1.807, 2.05) is 0 Å². The van der Waals surface area contributed by atoms with Crippen LogP contribution in [0.15, 0.2) is 41.4 Å². The van der Waals surface area contributed by atoms with E-state index in [-0.39, 0.29) is 12.1 Å². The molecule has 1 aromatic heterocycles. The van der Waals surface area contributed by atoms with Gasteiger partial charge < -0.3 is 10.1 Å². The molecule has 0 radical (unpaired) electrons. The molecule has 0 aliphatic carbocycles. The second kappa shape index (κ2) is 8.66. The number of methoxy groups -OCH3 is 1. The second-order valence-corrected chi connectivity index (χ2v) is 8.41. The van der Waals surface area contributed by atoms with Crippen LogP contribution in [0.1, 0.15) is 35.2 Å². The fourth-order valence-electron chi connectivity index (χ4n) is 3.01. The van der Waals surface area contributed by atoms with Crippen LogP contribution < -0.4 is 10.1 Å². The third-order valence-electron chi connectivity index (χ3n) is 4.59. The first kappa shape index (κ1) is 20.2. The number of aromatic nitrogens is 1. The van der Waals surface area contributed by atoms with Crippen molar-refractivity contribution in [2.45, 2.75) is 30.7 Å². The quantitative estimate of drug-likeness (QED) is 0.794. The summed E-state index contributed by atoms with van der Waals surface area (Å²) in [6.45, 7) is 0.923. The Labute approximate surface area is 163 Å². The third kappa shape index (κ3) is 4.48. The fourth-order valence-corrected chi connectivity index (χ4v) is 4.61. The van der Waals surface area contributed by atoms with Gasteiger partial charge in [0.1, 0.15) is 10.7 Å². The number of hydrogen-bond donors (Lipinski definition) is 1. The molecular weight excluding hydrogens is 385 g/mol. The molecule has 2 aromatic rings. The summed E-state index contributed by atoms with van der Waals surface area (Å²) in [5, 5.41) is 2.68. The highest BCUT2D eigenvalue weighted by Crippen LogP contribution is 2.24. The van der Waals surface area contributed by atoms with Crippen molar-refractivity contribution >= 4 is 15.9 Å². The molecule has 1 aliphatic rings. The Morgan fingerprint density at radius 3 is 2.61 bits per heavy atom. The highest BCUT2D eigenvalue weighted by atomic mass is 32.2. The number of piperidine rings is 1. The normalized spacial score (nSPS) is 15.2. The van der Waals surface area contributed by atoms with Gasteiger partial charge in [-0.3, -0.25) is 4.79 Å². The van der Waals surface area contributed by atoms with E-state index in [9.17, 15) is 17.6 Å². The van der Waals surface area contributed by atoms with Gasteiger partial charge in [0.15, 0.2) is 0 Å². The summed E-state index contributed by atoms with van der Waals surface area (Å²) in [6.07, 6.45) is 4.01. The van der Waals surface area contributed by atoms with Crippen LogP contribution in [0.5, 0.6) is 5.88 Å². The average Bonchev–Trinajstić information content (AvgIpc) is 2.73. The SMILES string of the molecule is COc1ccc(CNC(=O)c2ccc(F)c(S(=O)(=O)N3CCCCC3)c2)cn1. The van der Waals surface area contributed by atoms with Gasteiger partial charge in [0.2, 0.25) is 15.9 Å². The summed E-state index contributed by atoms with van der Waals surface area (Å²) in [7, 11) is -2.46. The lowest BCUT2D eigenvalue weighted by atomic mass is 10.2. The zero-order chi connectivity index (χ0) is 20.1. The maximum absolute atomic E-state index is 14.2. The number of rotatable bonds is 6. The molecule has 1 amide bonds. The van der Waals surface area contributed by atoms with Crippen LogP contribution in [0.25, 0.3) is 0 Å². The highest BCUT2D eigenvalue weighted by molar-refractivity contribution is 7.89. The zero-order valence-electron chi connectivity index (χ0n) is 15.5. The van der Waals surface area contributed by atoms with Crippen LogP contribution in [0, 0.1) is 5.82 Å². The molecule has 0 saturated carbocycles. The highest BCUT2D eigenvalue weighted by Gasteiger charge is 2.29. The van der Waals surface area contributed by atoms with Crippen LogP contribution in [0.4, 0.5) is 4.39 Å². The minimum Gasteiger partial charge on any atom is -0.481 e. The van der Waals surface area contributed by atoms with Crippen molar-refractivity contribution in [1.29, 1.82) is 0 Å². The van der Waals surface area contributed by atoms with Crippen LogP contribution in [0.3, 0.4) is 0 Å². The van der Waals surface area contributed by atoms with Crippen molar-refractivity contribution in [3.05, 3.63) is 53.5 Å². The van der Waals surface area contributed by atoms with E-state index in [0.717, 1.165) is 37.0 Å². The topological polar surface area (TPSA) is 88.6 Å². The maximum atomic E-state index is 14.2. The molecule has 7 nitrogen and oxygen atoms in total. The van der Waals surface area contributed by atoms with Crippen molar-refractivity contribution in [2.75, 3.05) is 20.2 Å². The Morgan fingerprint density at radius 2 is 1.96 bits per heavy atom. The molecule has 1 N–H and O–H groups in total. The van der Waals surface area contributed by atoms with Gasteiger partial charge in [-0.05, 0) is 36.6 Å². The molecule has 0 bridgehead atoms. The Bertz CT molecular complexity index is 942. The predicted molar refractivity (Wildman–Crippen MR) is 101 cm³/mol. The fraction of sp³-hybridized carbons (Fsp3) is 0.368. The number of hydrogen-bond acceptors (Lipinski definition) is 5. The minimum atomic E-state index is -3.97. The number of nitrogens with zero attached hydrogens (tertiary/aromatic N) is 2. The molecule has 1 aliphatic heterocycles. The van der Waals surface area contributed by atoms with E-state index in [0.29, 0.717) is 19.0 Å². The summed E-state index contributed by atoms with van der Waals surface area (Å²) in [5.41, 5.74) is 0.830. The molecule has 0 spiro atoms. The molecule has 1 saturated heterocycles. The van der Waals surface area contributed by atoms with Gasteiger partial charge >= 0.3 is 0 Å². The van der Waals surface area contributed by atoms with Crippen molar-refractivity contribution < 1.29 is 22.3 Å².